The number of piperazine rings is 1. The monoisotopic (exact) mass is 387 g/mol. The average Bonchev–Trinajstić information content (AvgIpc) is 2.75. The van der Waals surface area contributed by atoms with E-state index in [-0.39, 0.29) is 5.69 Å². The van der Waals surface area contributed by atoms with Gasteiger partial charge in [0.05, 0.1) is 5.69 Å². The van der Waals surface area contributed by atoms with Crippen molar-refractivity contribution in [1.82, 2.24) is 9.88 Å². The summed E-state index contributed by atoms with van der Waals surface area (Å²) in [5.74, 6) is -0.554. The summed E-state index contributed by atoms with van der Waals surface area (Å²) in [5.41, 5.74) is 10.4. The Labute approximate surface area is 171 Å². The van der Waals surface area contributed by atoms with Crippen molar-refractivity contribution in [3.05, 3.63) is 72.6 Å². The predicted molar refractivity (Wildman–Crippen MR) is 118 cm³/mol. The molecular weight excluding hydrogens is 362 g/mol. The second kappa shape index (κ2) is 8.32. The molecule has 2 aromatic carbocycles. The van der Waals surface area contributed by atoms with Crippen LogP contribution in [0.1, 0.15) is 10.5 Å². The van der Waals surface area contributed by atoms with Gasteiger partial charge in [-0.2, -0.15) is 0 Å². The van der Waals surface area contributed by atoms with Crippen molar-refractivity contribution >= 4 is 23.0 Å². The molecule has 0 radical (unpaired) electrons. The van der Waals surface area contributed by atoms with Crippen molar-refractivity contribution in [1.29, 1.82) is 0 Å². The van der Waals surface area contributed by atoms with Crippen LogP contribution < -0.4 is 16.0 Å². The Morgan fingerprint density at radius 1 is 0.966 bits per heavy atom. The highest BCUT2D eigenvalue weighted by Gasteiger charge is 2.15. The van der Waals surface area contributed by atoms with Gasteiger partial charge >= 0.3 is 0 Å². The van der Waals surface area contributed by atoms with Crippen LogP contribution in [0.4, 0.5) is 17.1 Å². The predicted octanol–water partition coefficient (Wildman–Crippen LogP) is 3.34. The Hall–Kier alpha value is -3.38. The van der Waals surface area contributed by atoms with Gasteiger partial charge in [-0.1, -0.05) is 30.3 Å². The molecule has 0 atom stereocenters. The minimum Gasteiger partial charge on any atom is -0.369 e. The molecule has 3 aromatic rings. The summed E-state index contributed by atoms with van der Waals surface area (Å²) in [4.78, 5) is 20.9. The first-order valence-electron chi connectivity index (χ1n) is 9.76. The molecule has 1 aliphatic rings. The average molecular weight is 387 g/mol. The number of amides is 1. The molecule has 0 aliphatic carbocycles. The van der Waals surface area contributed by atoms with Gasteiger partial charge in [0, 0.05) is 49.3 Å². The minimum atomic E-state index is -0.554. The molecule has 1 saturated heterocycles. The Kier molecular flexibility index (Phi) is 5.44. The second-order valence-electron chi connectivity index (χ2n) is 7.31. The molecule has 148 valence electrons. The molecule has 0 saturated carbocycles. The maximum Gasteiger partial charge on any atom is 0.269 e. The zero-order valence-corrected chi connectivity index (χ0v) is 16.5. The van der Waals surface area contributed by atoms with Crippen LogP contribution in [0.15, 0.2) is 66.9 Å². The third kappa shape index (κ3) is 4.38. The molecule has 1 amide bonds. The molecule has 0 spiro atoms. The van der Waals surface area contributed by atoms with Crippen LogP contribution in [0.2, 0.25) is 0 Å². The maximum atomic E-state index is 11.9. The van der Waals surface area contributed by atoms with Crippen molar-refractivity contribution in [2.45, 2.75) is 0 Å². The van der Waals surface area contributed by atoms with Crippen molar-refractivity contribution in [3.63, 3.8) is 0 Å². The van der Waals surface area contributed by atoms with Crippen LogP contribution in [0.25, 0.3) is 11.1 Å². The molecule has 6 heteroatoms. The van der Waals surface area contributed by atoms with Gasteiger partial charge in [0.15, 0.2) is 5.69 Å². The van der Waals surface area contributed by atoms with Crippen LogP contribution in [0, 0.1) is 0 Å². The summed E-state index contributed by atoms with van der Waals surface area (Å²) >= 11 is 0. The summed E-state index contributed by atoms with van der Waals surface area (Å²) in [6.45, 7) is 4.19. The summed E-state index contributed by atoms with van der Waals surface area (Å²) in [6.07, 6.45) is 1.68. The highest BCUT2D eigenvalue weighted by molar-refractivity contribution is 5.98. The van der Waals surface area contributed by atoms with E-state index < -0.39 is 5.91 Å². The van der Waals surface area contributed by atoms with Gasteiger partial charge in [0.1, 0.15) is 0 Å². The quantitative estimate of drug-likeness (QED) is 0.702. The Morgan fingerprint density at radius 3 is 2.31 bits per heavy atom. The molecule has 4 rings (SSSR count). The number of benzene rings is 2. The second-order valence-corrected chi connectivity index (χ2v) is 7.31. The number of nitrogens with one attached hydrogen (secondary N) is 1. The van der Waals surface area contributed by atoms with E-state index in [1.54, 1.807) is 6.20 Å². The van der Waals surface area contributed by atoms with E-state index in [1.165, 1.54) is 5.69 Å². The Bertz CT molecular complexity index is 980. The number of hydrogen-bond acceptors (Lipinski definition) is 5. The molecule has 1 fully saturated rings. The lowest BCUT2D eigenvalue weighted by atomic mass is 10.1. The standard InChI is InChI=1S/C23H25N5O/c1-27-11-13-28(14-12-27)20-9-7-19(8-10-20)26-21-15-18(16-25-22(21)23(24)29)17-5-3-2-4-6-17/h2-10,15-16,26H,11-14H2,1H3,(H2,24,29). The largest absolute Gasteiger partial charge is 0.369 e. The number of nitrogens with zero attached hydrogens (tertiary/aromatic N) is 3. The van der Waals surface area contributed by atoms with Crippen molar-refractivity contribution in [2.75, 3.05) is 43.4 Å². The first-order valence-corrected chi connectivity index (χ1v) is 9.76. The first-order chi connectivity index (χ1) is 14.1. The van der Waals surface area contributed by atoms with Crippen LogP contribution in [0.3, 0.4) is 0 Å². The molecule has 0 bridgehead atoms. The molecule has 29 heavy (non-hydrogen) atoms. The number of rotatable bonds is 5. The van der Waals surface area contributed by atoms with Gasteiger partial charge in [0.25, 0.3) is 5.91 Å². The van der Waals surface area contributed by atoms with Gasteiger partial charge in [-0.25, -0.2) is 4.98 Å². The number of carbonyl (C=O) groups excluding carboxylic acids is 1. The van der Waals surface area contributed by atoms with E-state index in [0.29, 0.717) is 5.69 Å². The van der Waals surface area contributed by atoms with Crippen molar-refractivity contribution < 1.29 is 4.79 Å². The van der Waals surface area contributed by atoms with E-state index >= 15 is 0 Å². The number of nitrogens with two attached hydrogens (primary N) is 1. The smallest absolute Gasteiger partial charge is 0.269 e. The SMILES string of the molecule is CN1CCN(c2ccc(Nc3cc(-c4ccccc4)cnc3C(N)=O)cc2)CC1. The molecule has 0 unspecified atom stereocenters. The normalized spacial score (nSPS) is 14.6. The lowest BCUT2D eigenvalue weighted by Crippen LogP contribution is -2.44. The van der Waals surface area contributed by atoms with E-state index in [9.17, 15) is 4.79 Å². The fraction of sp³-hybridized carbons (Fsp3) is 0.217. The van der Waals surface area contributed by atoms with Gasteiger partial charge in [0.2, 0.25) is 0 Å². The number of carbonyl (C=O) groups is 1. The van der Waals surface area contributed by atoms with Gasteiger partial charge in [-0.05, 0) is 42.9 Å². The lowest BCUT2D eigenvalue weighted by Gasteiger charge is -2.34. The van der Waals surface area contributed by atoms with Crippen molar-refractivity contribution in [3.8, 4) is 11.1 Å². The molecular formula is C23H25N5O. The van der Waals surface area contributed by atoms with E-state index in [0.717, 1.165) is 43.0 Å². The number of anilines is 3. The topological polar surface area (TPSA) is 74.5 Å². The molecule has 2 heterocycles. The Morgan fingerprint density at radius 2 is 1.66 bits per heavy atom. The summed E-state index contributed by atoms with van der Waals surface area (Å²) in [7, 11) is 2.15. The van der Waals surface area contributed by atoms with Gasteiger partial charge in [-0.3, -0.25) is 4.79 Å². The third-order valence-electron chi connectivity index (χ3n) is 5.24. The number of hydrogen-bond donors (Lipinski definition) is 2. The van der Waals surface area contributed by atoms with Crippen LogP contribution >= 0.6 is 0 Å². The van der Waals surface area contributed by atoms with Gasteiger partial charge < -0.3 is 20.9 Å². The number of aromatic nitrogens is 1. The minimum absolute atomic E-state index is 0.229. The zero-order chi connectivity index (χ0) is 20.2. The summed E-state index contributed by atoms with van der Waals surface area (Å²) in [5, 5.41) is 3.31. The number of pyridine rings is 1. The number of primary amides is 1. The lowest BCUT2D eigenvalue weighted by molar-refractivity contribution is 0.0996. The Balaban J connectivity index is 1.57. The van der Waals surface area contributed by atoms with Crippen LogP contribution in [0.5, 0.6) is 0 Å². The molecule has 1 aliphatic heterocycles. The van der Waals surface area contributed by atoms with Crippen molar-refractivity contribution in [2.24, 2.45) is 5.73 Å². The molecule has 3 N–H and O–H groups in total. The van der Waals surface area contributed by atoms with Gasteiger partial charge in [-0.15, -0.1) is 0 Å². The van der Waals surface area contributed by atoms with E-state index in [2.05, 4.69) is 39.3 Å². The zero-order valence-electron chi connectivity index (χ0n) is 16.5. The highest BCUT2D eigenvalue weighted by Crippen LogP contribution is 2.27. The molecule has 6 nitrogen and oxygen atoms in total. The maximum absolute atomic E-state index is 11.9. The summed E-state index contributed by atoms with van der Waals surface area (Å²) < 4.78 is 0. The van der Waals surface area contributed by atoms with Crippen LogP contribution in [-0.2, 0) is 0 Å². The number of likely N-dealkylation sites (N-methyl/N-ethyl adjacent to an activating group) is 1. The highest BCUT2D eigenvalue weighted by atomic mass is 16.1. The first kappa shape index (κ1) is 19.0. The summed E-state index contributed by atoms with van der Waals surface area (Å²) in [6, 6.07) is 20.1. The fourth-order valence-corrected chi connectivity index (χ4v) is 3.52. The van der Waals surface area contributed by atoms with E-state index in [1.807, 2.05) is 48.5 Å². The molecule has 1 aromatic heterocycles. The van der Waals surface area contributed by atoms with Crippen LogP contribution in [-0.4, -0.2) is 49.0 Å². The fourth-order valence-electron chi connectivity index (χ4n) is 3.52. The third-order valence-corrected chi connectivity index (χ3v) is 5.24. The van der Waals surface area contributed by atoms with E-state index in [4.69, 9.17) is 5.73 Å².